The molecule has 0 atom stereocenters. The summed E-state index contributed by atoms with van der Waals surface area (Å²) in [6.07, 6.45) is 0.120. The highest BCUT2D eigenvalue weighted by Gasteiger charge is 2.24. The first kappa shape index (κ1) is 15.4. The molecule has 1 aromatic carbocycles. The SMILES string of the molecule is O=C(O)CN(C(=O)CCN1CCSC1=O)c1ccccc1. The van der Waals surface area contributed by atoms with Crippen molar-refractivity contribution in [1.29, 1.82) is 0 Å². The quantitative estimate of drug-likeness (QED) is 0.865. The Morgan fingerprint density at radius 3 is 2.57 bits per heavy atom. The van der Waals surface area contributed by atoms with Crippen LogP contribution in [0.2, 0.25) is 0 Å². The van der Waals surface area contributed by atoms with Crippen LogP contribution in [-0.2, 0) is 9.59 Å². The second-order valence-electron chi connectivity index (χ2n) is 4.56. The highest BCUT2D eigenvalue weighted by Crippen LogP contribution is 2.19. The van der Waals surface area contributed by atoms with Crippen LogP contribution in [0.5, 0.6) is 0 Å². The van der Waals surface area contributed by atoms with Crippen molar-refractivity contribution in [2.24, 2.45) is 0 Å². The van der Waals surface area contributed by atoms with Crippen molar-refractivity contribution in [3.63, 3.8) is 0 Å². The van der Waals surface area contributed by atoms with Crippen LogP contribution in [0.3, 0.4) is 0 Å². The lowest BCUT2D eigenvalue weighted by Crippen LogP contribution is -2.38. The molecule has 112 valence electrons. The number of anilines is 1. The Balaban J connectivity index is 2.01. The lowest BCUT2D eigenvalue weighted by atomic mass is 10.2. The maximum absolute atomic E-state index is 12.3. The molecule has 21 heavy (non-hydrogen) atoms. The van der Waals surface area contributed by atoms with Crippen LogP contribution in [0.15, 0.2) is 30.3 Å². The molecule has 1 saturated heterocycles. The van der Waals surface area contributed by atoms with Crippen LogP contribution >= 0.6 is 11.8 Å². The van der Waals surface area contributed by atoms with Gasteiger partial charge < -0.3 is 14.9 Å². The first-order valence-corrected chi connectivity index (χ1v) is 7.55. The molecule has 0 saturated carbocycles. The molecule has 6 nitrogen and oxygen atoms in total. The smallest absolute Gasteiger partial charge is 0.323 e. The van der Waals surface area contributed by atoms with Gasteiger partial charge in [-0.1, -0.05) is 30.0 Å². The van der Waals surface area contributed by atoms with E-state index in [9.17, 15) is 14.4 Å². The Hall–Kier alpha value is -2.02. The molecule has 0 spiro atoms. The summed E-state index contributed by atoms with van der Waals surface area (Å²) in [4.78, 5) is 37.5. The van der Waals surface area contributed by atoms with E-state index >= 15 is 0 Å². The van der Waals surface area contributed by atoms with Crippen molar-refractivity contribution in [3.05, 3.63) is 30.3 Å². The van der Waals surface area contributed by atoms with Gasteiger partial charge in [0.25, 0.3) is 5.24 Å². The van der Waals surface area contributed by atoms with Crippen LogP contribution in [0.4, 0.5) is 10.5 Å². The molecular formula is C14H16N2O4S. The number of para-hydroxylation sites is 1. The van der Waals surface area contributed by atoms with E-state index in [1.165, 1.54) is 16.7 Å². The largest absolute Gasteiger partial charge is 0.480 e. The fourth-order valence-corrected chi connectivity index (χ4v) is 2.91. The zero-order chi connectivity index (χ0) is 15.2. The van der Waals surface area contributed by atoms with Gasteiger partial charge in [-0.25, -0.2) is 0 Å². The number of carboxylic acids is 1. The fraction of sp³-hybridized carbons (Fsp3) is 0.357. The molecule has 1 aromatic rings. The molecule has 0 unspecified atom stereocenters. The van der Waals surface area contributed by atoms with Gasteiger partial charge in [-0.05, 0) is 12.1 Å². The van der Waals surface area contributed by atoms with E-state index in [-0.39, 0.29) is 24.1 Å². The number of carbonyl (C=O) groups is 3. The second kappa shape index (κ2) is 7.12. The standard InChI is InChI=1S/C14H16N2O4S/c17-12(6-7-15-8-9-21-14(15)20)16(10-13(18)19)11-4-2-1-3-5-11/h1-5H,6-10H2,(H,18,19). The van der Waals surface area contributed by atoms with Gasteiger partial charge in [0.05, 0.1) is 0 Å². The van der Waals surface area contributed by atoms with Crippen LogP contribution < -0.4 is 4.90 Å². The highest BCUT2D eigenvalue weighted by molar-refractivity contribution is 8.13. The van der Waals surface area contributed by atoms with Gasteiger partial charge in [0.1, 0.15) is 6.54 Å². The Bertz CT molecular complexity index is 535. The lowest BCUT2D eigenvalue weighted by molar-refractivity contribution is -0.136. The molecule has 2 amide bonds. The summed E-state index contributed by atoms with van der Waals surface area (Å²) in [7, 11) is 0. The summed E-state index contributed by atoms with van der Waals surface area (Å²) < 4.78 is 0. The molecule has 0 aliphatic carbocycles. The fourth-order valence-electron chi connectivity index (χ4n) is 2.06. The lowest BCUT2D eigenvalue weighted by Gasteiger charge is -2.22. The van der Waals surface area contributed by atoms with Crippen molar-refractivity contribution < 1.29 is 19.5 Å². The molecule has 1 fully saturated rings. The number of amides is 2. The third-order valence-corrected chi connectivity index (χ3v) is 3.99. The minimum Gasteiger partial charge on any atom is -0.480 e. The molecule has 1 heterocycles. The van der Waals surface area contributed by atoms with Gasteiger partial charge in [-0.2, -0.15) is 0 Å². The molecule has 1 N–H and O–H groups in total. The number of hydrogen-bond donors (Lipinski definition) is 1. The van der Waals surface area contributed by atoms with Gasteiger partial charge in [0.15, 0.2) is 0 Å². The Kier molecular flexibility index (Phi) is 5.21. The maximum atomic E-state index is 12.3. The highest BCUT2D eigenvalue weighted by atomic mass is 32.2. The Morgan fingerprint density at radius 1 is 1.29 bits per heavy atom. The van der Waals surface area contributed by atoms with E-state index in [1.54, 1.807) is 35.2 Å². The van der Waals surface area contributed by atoms with Gasteiger partial charge >= 0.3 is 5.97 Å². The van der Waals surface area contributed by atoms with E-state index in [2.05, 4.69) is 0 Å². The number of thioether (sulfide) groups is 1. The minimum absolute atomic E-state index is 0.0210. The van der Waals surface area contributed by atoms with Crippen molar-refractivity contribution in [2.75, 3.05) is 30.3 Å². The van der Waals surface area contributed by atoms with Crippen molar-refractivity contribution in [1.82, 2.24) is 4.90 Å². The third-order valence-electron chi connectivity index (χ3n) is 3.10. The van der Waals surface area contributed by atoms with E-state index in [1.807, 2.05) is 0 Å². The summed E-state index contributed by atoms with van der Waals surface area (Å²) in [5, 5.41) is 8.93. The first-order chi connectivity index (χ1) is 10.1. The molecule has 1 aliphatic rings. The number of carboxylic acid groups (broad SMARTS) is 1. The Morgan fingerprint density at radius 2 is 2.00 bits per heavy atom. The molecule has 0 bridgehead atoms. The van der Waals surface area contributed by atoms with Crippen molar-refractivity contribution in [3.8, 4) is 0 Å². The van der Waals surface area contributed by atoms with Gasteiger partial charge in [0.2, 0.25) is 5.91 Å². The van der Waals surface area contributed by atoms with Crippen LogP contribution in [0, 0.1) is 0 Å². The summed E-state index contributed by atoms with van der Waals surface area (Å²) in [5.74, 6) is -0.627. The number of aliphatic carboxylic acids is 1. The maximum Gasteiger partial charge on any atom is 0.323 e. The van der Waals surface area contributed by atoms with Crippen molar-refractivity contribution >= 4 is 34.6 Å². The topological polar surface area (TPSA) is 77.9 Å². The normalized spacial score (nSPS) is 14.3. The summed E-state index contributed by atoms with van der Waals surface area (Å²) in [6.45, 7) is 0.584. The second-order valence-corrected chi connectivity index (χ2v) is 5.61. The van der Waals surface area contributed by atoms with Crippen LogP contribution in [0.1, 0.15) is 6.42 Å². The monoisotopic (exact) mass is 308 g/mol. The van der Waals surface area contributed by atoms with Crippen LogP contribution in [0.25, 0.3) is 0 Å². The summed E-state index contributed by atoms with van der Waals surface area (Å²) >= 11 is 1.24. The summed E-state index contributed by atoms with van der Waals surface area (Å²) in [6, 6.07) is 8.68. The van der Waals surface area contributed by atoms with Gasteiger partial charge in [-0.3, -0.25) is 14.4 Å². The van der Waals surface area contributed by atoms with Gasteiger partial charge in [0, 0.05) is 31.0 Å². The predicted octanol–water partition coefficient (Wildman–Crippen LogP) is 1.66. The predicted molar refractivity (Wildman–Crippen MR) is 80.5 cm³/mol. The molecule has 7 heteroatoms. The molecular weight excluding hydrogens is 292 g/mol. The van der Waals surface area contributed by atoms with E-state index in [0.717, 1.165) is 5.75 Å². The Labute approximate surface area is 126 Å². The molecule has 2 rings (SSSR count). The average Bonchev–Trinajstić information content (AvgIpc) is 2.88. The zero-order valence-electron chi connectivity index (χ0n) is 11.4. The number of nitrogens with zero attached hydrogens (tertiary/aromatic N) is 2. The number of carbonyl (C=O) groups excluding carboxylic acids is 2. The number of hydrogen-bond acceptors (Lipinski definition) is 4. The number of benzene rings is 1. The number of rotatable bonds is 6. The van der Waals surface area contributed by atoms with Crippen molar-refractivity contribution in [2.45, 2.75) is 6.42 Å². The zero-order valence-corrected chi connectivity index (χ0v) is 12.2. The van der Waals surface area contributed by atoms with E-state index in [4.69, 9.17) is 5.11 Å². The molecule has 0 radical (unpaired) electrons. The first-order valence-electron chi connectivity index (χ1n) is 6.57. The molecule has 1 aliphatic heterocycles. The average molecular weight is 308 g/mol. The summed E-state index contributed by atoms with van der Waals surface area (Å²) in [5.41, 5.74) is 0.548. The molecule has 0 aromatic heterocycles. The van der Waals surface area contributed by atoms with Gasteiger partial charge in [-0.15, -0.1) is 0 Å². The third kappa shape index (κ3) is 4.22. The van der Waals surface area contributed by atoms with E-state index in [0.29, 0.717) is 18.8 Å². The van der Waals surface area contributed by atoms with E-state index < -0.39 is 5.97 Å². The minimum atomic E-state index is -1.07. The van der Waals surface area contributed by atoms with Crippen LogP contribution in [-0.4, -0.2) is 52.5 Å².